The first kappa shape index (κ1) is 20.4. The smallest absolute Gasteiger partial charge is 0.258 e. The van der Waals surface area contributed by atoms with Gasteiger partial charge in [-0.2, -0.15) is 0 Å². The highest BCUT2D eigenvalue weighted by Gasteiger charge is 2.28. The number of aryl methyl sites for hydroxylation is 1. The van der Waals surface area contributed by atoms with Crippen LogP contribution in [0.4, 0.5) is 0 Å². The van der Waals surface area contributed by atoms with Crippen molar-refractivity contribution in [3.05, 3.63) is 35.6 Å². The molecule has 2 saturated heterocycles. The van der Waals surface area contributed by atoms with Gasteiger partial charge in [-0.3, -0.25) is 4.79 Å². The zero-order valence-electron chi connectivity index (χ0n) is 17.7. The fourth-order valence-electron chi connectivity index (χ4n) is 4.58. The van der Waals surface area contributed by atoms with Crippen LogP contribution < -0.4 is 0 Å². The molecule has 0 unspecified atom stereocenters. The van der Waals surface area contributed by atoms with Crippen molar-refractivity contribution in [2.75, 3.05) is 39.3 Å². The van der Waals surface area contributed by atoms with E-state index >= 15 is 0 Å². The van der Waals surface area contributed by atoms with Gasteiger partial charge < -0.3 is 19.0 Å². The molecule has 5 nitrogen and oxygen atoms in total. The minimum Gasteiger partial charge on any atom is -0.460 e. The number of piperidine rings is 1. The maximum atomic E-state index is 13.4. The molecule has 2 aliphatic rings. The molecule has 1 aromatic carbocycles. The van der Waals surface area contributed by atoms with Crippen molar-refractivity contribution in [1.82, 2.24) is 9.80 Å². The summed E-state index contributed by atoms with van der Waals surface area (Å²) in [6.07, 6.45) is 7.72. The van der Waals surface area contributed by atoms with Crippen molar-refractivity contribution < 1.29 is 13.9 Å². The summed E-state index contributed by atoms with van der Waals surface area (Å²) in [4.78, 5) is 17.9. The Bertz CT molecular complexity index is 802. The number of benzene rings is 1. The number of carbonyl (C=O) groups excluding carboxylic acids is 1. The second kappa shape index (κ2) is 9.77. The molecule has 2 aliphatic heterocycles. The third-order valence-electron chi connectivity index (χ3n) is 6.33. The number of unbranched alkanes of at least 4 members (excludes halogenated alkanes) is 1. The molecule has 0 bridgehead atoms. The average Bonchev–Trinajstić information content (AvgIpc) is 3.39. The average molecular weight is 399 g/mol. The van der Waals surface area contributed by atoms with E-state index in [1.165, 1.54) is 25.9 Å². The van der Waals surface area contributed by atoms with E-state index < -0.39 is 0 Å². The molecule has 1 amide bonds. The second-order valence-electron chi connectivity index (χ2n) is 8.41. The van der Waals surface area contributed by atoms with Gasteiger partial charge in [0.2, 0.25) is 0 Å². The number of rotatable bonds is 8. The fraction of sp³-hybridized carbons (Fsp3) is 0.625. The van der Waals surface area contributed by atoms with Crippen molar-refractivity contribution in [1.29, 1.82) is 0 Å². The molecule has 0 atom stereocenters. The first-order valence-electron chi connectivity index (χ1n) is 11.4. The molecule has 0 N–H and O–H groups in total. The molecule has 0 radical (unpaired) electrons. The summed E-state index contributed by atoms with van der Waals surface area (Å²) >= 11 is 0. The number of carbonyl (C=O) groups is 1. The summed E-state index contributed by atoms with van der Waals surface area (Å²) in [5.41, 5.74) is 1.60. The Labute approximate surface area is 174 Å². The zero-order valence-corrected chi connectivity index (χ0v) is 17.7. The molecule has 2 aromatic rings. The van der Waals surface area contributed by atoms with E-state index in [1.807, 2.05) is 29.2 Å². The Hall–Kier alpha value is -1.85. The molecule has 5 heteroatoms. The van der Waals surface area contributed by atoms with E-state index in [4.69, 9.17) is 9.15 Å². The third-order valence-corrected chi connectivity index (χ3v) is 6.33. The van der Waals surface area contributed by atoms with Crippen LogP contribution in [0.5, 0.6) is 0 Å². The molecule has 4 rings (SSSR count). The number of likely N-dealkylation sites (tertiary alicyclic amines) is 2. The molecule has 158 valence electrons. The lowest BCUT2D eigenvalue weighted by Crippen LogP contribution is -2.41. The number of furan rings is 1. The van der Waals surface area contributed by atoms with Gasteiger partial charge >= 0.3 is 0 Å². The molecular formula is C24H34N2O3. The van der Waals surface area contributed by atoms with Crippen molar-refractivity contribution in [3.8, 4) is 0 Å². The van der Waals surface area contributed by atoms with Crippen LogP contribution in [0.1, 0.15) is 61.6 Å². The predicted molar refractivity (Wildman–Crippen MR) is 115 cm³/mol. The van der Waals surface area contributed by atoms with Crippen molar-refractivity contribution in [2.45, 2.75) is 58.0 Å². The van der Waals surface area contributed by atoms with Crippen LogP contribution in [0.15, 0.2) is 28.7 Å². The van der Waals surface area contributed by atoms with E-state index in [0.717, 1.165) is 80.6 Å². The number of hydrogen-bond donors (Lipinski definition) is 0. The molecule has 1 aromatic heterocycles. The molecule has 2 fully saturated rings. The third kappa shape index (κ3) is 4.84. The Balaban J connectivity index is 1.35. The summed E-state index contributed by atoms with van der Waals surface area (Å²) in [6, 6.07) is 7.92. The summed E-state index contributed by atoms with van der Waals surface area (Å²) in [5, 5.41) is 0.951. The van der Waals surface area contributed by atoms with Gasteiger partial charge in [0.1, 0.15) is 11.3 Å². The Kier molecular flexibility index (Phi) is 6.88. The number of para-hydroxylation sites is 1. The van der Waals surface area contributed by atoms with Gasteiger partial charge in [0.15, 0.2) is 0 Å². The Morgan fingerprint density at radius 2 is 1.90 bits per heavy atom. The molecule has 0 aliphatic carbocycles. The van der Waals surface area contributed by atoms with Crippen LogP contribution in [-0.2, 0) is 11.2 Å². The zero-order chi connectivity index (χ0) is 20.1. The number of fused-ring (bicyclic) bond motifs is 1. The van der Waals surface area contributed by atoms with E-state index in [1.54, 1.807) is 0 Å². The monoisotopic (exact) mass is 398 g/mol. The summed E-state index contributed by atoms with van der Waals surface area (Å²) in [5.74, 6) is 0.971. The van der Waals surface area contributed by atoms with E-state index in [2.05, 4.69) is 11.8 Å². The maximum Gasteiger partial charge on any atom is 0.258 e. The van der Waals surface area contributed by atoms with Gasteiger partial charge in [0.05, 0.1) is 18.3 Å². The van der Waals surface area contributed by atoms with Crippen LogP contribution in [0.3, 0.4) is 0 Å². The largest absolute Gasteiger partial charge is 0.460 e. The topological polar surface area (TPSA) is 45.9 Å². The molecule has 0 spiro atoms. The van der Waals surface area contributed by atoms with E-state index in [-0.39, 0.29) is 12.0 Å². The van der Waals surface area contributed by atoms with Crippen molar-refractivity contribution in [3.63, 3.8) is 0 Å². The molecule has 3 heterocycles. The fourth-order valence-corrected chi connectivity index (χ4v) is 4.58. The van der Waals surface area contributed by atoms with Gasteiger partial charge in [0, 0.05) is 31.4 Å². The van der Waals surface area contributed by atoms with Crippen LogP contribution in [0.2, 0.25) is 0 Å². The number of amides is 1. The molecule has 0 saturated carbocycles. The highest BCUT2D eigenvalue weighted by Crippen LogP contribution is 2.29. The lowest BCUT2D eigenvalue weighted by atomic mass is 10.0. The number of ether oxygens (including phenoxy) is 1. The van der Waals surface area contributed by atoms with Crippen LogP contribution in [0, 0.1) is 0 Å². The summed E-state index contributed by atoms with van der Waals surface area (Å²) < 4.78 is 12.2. The van der Waals surface area contributed by atoms with Gasteiger partial charge in [-0.15, -0.1) is 0 Å². The van der Waals surface area contributed by atoms with Gasteiger partial charge in [0.25, 0.3) is 5.91 Å². The Morgan fingerprint density at radius 3 is 2.66 bits per heavy atom. The maximum absolute atomic E-state index is 13.4. The van der Waals surface area contributed by atoms with E-state index in [0.29, 0.717) is 0 Å². The quantitative estimate of drug-likeness (QED) is 0.657. The standard InChI is InChI=1S/C24H34N2O3/c1-2-3-9-22-23(20-8-4-5-10-21(20)29-22)24(27)26-15-11-19(12-16-26)28-18-17-25-13-6-7-14-25/h4-5,8,10,19H,2-3,6-7,9,11-18H2,1H3. The lowest BCUT2D eigenvalue weighted by Gasteiger charge is -2.32. The van der Waals surface area contributed by atoms with Gasteiger partial charge in [-0.05, 0) is 51.3 Å². The van der Waals surface area contributed by atoms with Gasteiger partial charge in [-0.1, -0.05) is 31.5 Å². The number of hydrogen-bond acceptors (Lipinski definition) is 4. The molecule has 29 heavy (non-hydrogen) atoms. The first-order chi connectivity index (χ1) is 14.3. The summed E-state index contributed by atoms with van der Waals surface area (Å²) in [6.45, 7) is 7.98. The van der Waals surface area contributed by atoms with Crippen molar-refractivity contribution in [2.24, 2.45) is 0 Å². The number of nitrogens with zero attached hydrogens (tertiary/aromatic N) is 2. The SMILES string of the molecule is CCCCc1oc2ccccc2c1C(=O)N1CCC(OCCN2CCCC2)CC1. The predicted octanol–water partition coefficient (Wildman–Crippen LogP) is 4.49. The minimum absolute atomic E-state index is 0.122. The van der Waals surface area contributed by atoms with Crippen LogP contribution in [0.25, 0.3) is 11.0 Å². The van der Waals surface area contributed by atoms with Gasteiger partial charge in [-0.25, -0.2) is 0 Å². The highest BCUT2D eigenvalue weighted by atomic mass is 16.5. The van der Waals surface area contributed by atoms with Crippen LogP contribution >= 0.6 is 0 Å². The highest BCUT2D eigenvalue weighted by molar-refractivity contribution is 6.07. The van der Waals surface area contributed by atoms with Crippen LogP contribution in [-0.4, -0.2) is 61.1 Å². The first-order valence-corrected chi connectivity index (χ1v) is 11.4. The summed E-state index contributed by atoms with van der Waals surface area (Å²) in [7, 11) is 0. The Morgan fingerprint density at radius 1 is 1.14 bits per heavy atom. The lowest BCUT2D eigenvalue weighted by molar-refractivity contribution is 0.00208. The normalized spacial score (nSPS) is 18.7. The van der Waals surface area contributed by atoms with Crippen molar-refractivity contribution >= 4 is 16.9 Å². The molecular weight excluding hydrogens is 364 g/mol. The second-order valence-corrected chi connectivity index (χ2v) is 8.41. The minimum atomic E-state index is 0.122. The van der Waals surface area contributed by atoms with E-state index in [9.17, 15) is 4.79 Å².